The molecular weight excluding hydrogens is 138 g/mol. The fraction of sp³-hybridized carbons (Fsp3) is 1.00. The van der Waals surface area contributed by atoms with Gasteiger partial charge in [-0.1, -0.05) is 20.8 Å². The fourth-order valence-corrected chi connectivity index (χ4v) is 1.11. The van der Waals surface area contributed by atoms with Gasteiger partial charge in [-0.3, -0.25) is 0 Å². The van der Waals surface area contributed by atoms with Gasteiger partial charge in [-0.25, -0.2) is 0 Å². The minimum absolute atomic E-state index is 0.490. The lowest BCUT2D eigenvalue weighted by molar-refractivity contribution is -0.0206. The molecule has 1 aliphatic rings. The number of hydrogen-bond donors (Lipinski definition) is 0. The fourth-order valence-electron chi connectivity index (χ4n) is 1.11. The van der Waals surface area contributed by atoms with Crippen LogP contribution in [0.25, 0.3) is 0 Å². The second kappa shape index (κ2) is 6.62. The summed E-state index contributed by atoms with van der Waals surface area (Å²) in [4.78, 5) is 2.32. The molecule has 11 heavy (non-hydrogen) atoms. The average molecular weight is 159 g/mol. The van der Waals surface area contributed by atoms with Crippen LogP contribution < -0.4 is 0 Å². The van der Waals surface area contributed by atoms with Gasteiger partial charge >= 0.3 is 0 Å². The molecule has 1 atom stereocenters. The van der Waals surface area contributed by atoms with Crippen molar-refractivity contribution in [2.45, 2.75) is 33.3 Å². The van der Waals surface area contributed by atoms with Gasteiger partial charge in [-0.05, 0) is 13.5 Å². The maximum atomic E-state index is 5.46. The van der Waals surface area contributed by atoms with Crippen molar-refractivity contribution in [1.82, 2.24) is 4.90 Å². The molecule has 1 unspecified atom stereocenters. The highest BCUT2D eigenvalue weighted by atomic mass is 16.5. The lowest BCUT2D eigenvalue weighted by Crippen LogP contribution is -2.39. The van der Waals surface area contributed by atoms with Crippen molar-refractivity contribution in [3.05, 3.63) is 0 Å². The van der Waals surface area contributed by atoms with Crippen molar-refractivity contribution < 1.29 is 4.74 Å². The van der Waals surface area contributed by atoms with Crippen LogP contribution >= 0.6 is 0 Å². The Hall–Kier alpha value is -0.0800. The summed E-state index contributed by atoms with van der Waals surface area (Å²) in [6.45, 7) is 9.28. The summed E-state index contributed by atoms with van der Waals surface area (Å²) in [5, 5.41) is 0. The van der Waals surface area contributed by atoms with Gasteiger partial charge in [0.1, 0.15) is 0 Å². The molecule has 0 N–H and O–H groups in total. The Bertz CT molecular complexity index is 85.6. The predicted octanol–water partition coefficient (Wildman–Crippen LogP) is 1.75. The third kappa shape index (κ3) is 4.38. The van der Waals surface area contributed by atoms with E-state index in [0.717, 1.165) is 26.1 Å². The minimum atomic E-state index is 0.490. The Balaban J connectivity index is 0.000000461. The zero-order valence-electron chi connectivity index (χ0n) is 8.26. The minimum Gasteiger partial charge on any atom is -0.376 e. The molecule has 1 heterocycles. The molecule has 2 heteroatoms. The SMILES string of the molecule is CC.CCC1CN(C)CCO1. The van der Waals surface area contributed by atoms with Crippen LogP contribution in [0.2, 0.25) is 0 Å². The van der Waals surface area contributed by atoms with E-state index in [1.54, 1.807) is 0 Å². The monoisotopic (exact) mass is 159 g/mol. The van der Waals surface area contributed by atoms with E-state index in [1.165, 1.54) is 0 Å². The Kier molecular flexibility index (Phi) is 6.57. The summed E-state index contributed by atoms with van der Waals surface area (Å²) in [6.07, 6.45) is 1.63. The Morgan fingerprint density at radius 3 is 2.45 bits per heavy atom. The highest BCUT2D eigenvalue weighted by Crippen LogP contribution is 2.04. The maximum Gasteiger partial charge on any atom is 0.0699 e. The van der Waals surface area contributed by atoms with Crippen LogP contribution in [0.15, 0.2) is 0 Å². The molecule has 0 spiro atoms. The molecular formula is C9H21NO. The second-order valence-corrected chi connectivity index (χ2v) is 2.66. The average Bonchev–Trinajstić information content (AvgIpc) is 2.08. The van der Waals surface area contributed by atoms with E-state index < -0.39 is 0 Å². The van der Waals surface area contributed by atoms with Crippen molar-refractivity contribution in [3.63, 3.8) is 0 Å². The summed E-state index contributed by atoms with van der Waals surface area (Å²) in [5.74, 6) is 0. The van der Waals surface area contributed by atoms with Crippen molar-refractivity contribution >= 4 is 0 Å². The smallest absolute Gasteiger partial charge is 0.0699 e. The Labute approximate surface area is 70.5 Å². The third-order valence-corrected chi connectivity index (χ3v) is 1.80. The molecule has 1 saturated heterocycles. The largest absolute Gasteiger partial charge is 0.376 e. The van der Waals surface area contributed by atoms with Crippen LogP contribution in [0.1, 0.15) is 27.2 Å². The van der Waals surface area contributed by atoms with Crippen molar-refractivity contribution in [2.24, 2.45) is 0 Å². The number of nitrogens with zero attached hydrogens (tertiary/aromatic N) is 1. The second-order valence-electron chi connectivity index (χ2n) is 2.66. The molecule has 1 rings (SSSR count). The number of likely N-dealkylation sites (N-methyl/N-ethyl adjacent to an activating group) is 1. The lowest BCUT2D eigenvalue weighted by atomic mass is 10.2. The van der Waals surface area contributed by atoms with Crippen LogP contribution in [0.5, 0.6) is 0 Å². The maximum absolute atomic E-state index is 5.46. The van der Waals surface area contributed by atoms with Gasteiger partial charge in [-0.2, -0.15) is 0 Å². The molecule has 0 aliphatic carbocycles. The van der Waals surface area contributed by atoms with Gasteiger partial charge in [-0.15, -0.1) is 0 Å². The quantitative estimate of drug-likeness (QED) is 0.578. The molecule has 68 valence electrons. The summed E-state index contributed by atoms with van der Waals surface area (Å²) in [5.41, 5.74) is 0. The van der Waals surface area contributed by atoms with E-state index in [9.17, 15) is 0 Å². The molecule has 1 aliphatic heterocycles. The highest BCUT2D eigenvalue weighted by Gasteiger charge is 2.14. The summed E-state index contributed by atoms with van der Waals surface area (Å²) < 4.78 is 5.46. The number of morpholine rings is 1. The molecule has 2 nitrogen and oxygen atoms in total. The van der Waals surface area contributed by atoms with Crippen molar-refractivity contribution in [1.29, 1.82) is 0 Å². The van der Waals surface area contributed by atoms with Gasteiger partial charge in [0.2, 0.25) is 0 Å². The van der Waals surface area contributed by atoms with E-state index in [2.05, 4.69) is 18.9 Å². The Morgan fingerprint density at radius 1 is 1.45 bits per heavy atom. The molecule has 1 fully saturated rings. The Morgan fingerprint density at radius 2 is 2.09 bits per heavy atom. The molecule has 0 aromatic rings. The van der Waals surface area contributed by atoms with Crippen LogP contribution in [-0.2, 0) is 4.74 Å². The van der Waals surface area contributed by atoms with E-state index in [0.29, 0.717) is 6.10 Å². The zero-order chi connectivity index (χ0) is 8.69. The standard InChI is InChI=1S/C7H15NO.C2H6/c1-3-7-6-8(2)4-5-9-7;1-2/h7H,3-6H2,1-2H3;1-2H3. The number of hydrogen-bond acceptors (Lipinski definition) is 2. The first kappa shape index (κ1) is 10.9. The summed E-state index contributed by atoms with van der Waals surface area (Å²) in [7, 11) is 2.14. The molecule has 0 radical (unpaired) electrons. The third-order valence-electron chi connectivity index (χ3n) is 1.80. The molecule has 0 aromatic carbocycles. The van der Waals surface area contributed by atoms with E-state index in [4.69, 9.17) is 4.74 Å². The van der Waals surface area contributed by atoms with Gasteiger partial charge in [0.05, 0.1) is 12.7 Å². The number of rotatable bonds is 1. The van der Waals surface area contributed by atoms with Crippen LogP contribution in [0, 0.1) is 0 Å². The van der Waals surface area contributed by atoms with E-state index >= 15 is 0 Å². The highest BCUT2D eigenvalue weighted by molar-refractivity contribution is 4.66. The summed E-state index contributed by atoms with van der Waals surface area (Å²) >= 11 is 0. The van der Waals surface area contributed by atoms with E-state index in [1.807, 2.05) is 13.8 Å². The number of ether oxygens (including phenoxy) is 1. The van der Waals surface area contributed by atoms with Gasteiger partial charge in [0.25, 0.3) is 0 Å². The van der Waals surface area contributed by atoms with Crippen LogP contribution in [0.4, 0.5) is 0 Å². The normalized spacial score (nSPS) is 25.6. The van der Waals surface area contributed by atoms with Crippen LogP contribution in [-0.4, -0.2) is 37.7 Å². The zero-order valence-corrected chi connectivity index (χ0v) is 8.26. The summed E-state index contributed by atoms with van der Waals surface area (Å²) in [6, 6.07) is 0. The van der Waals surface area contributed by atoms with Crippen molar-refractivity contribution in [3.8, 4) is 0 Å². The first-order valence-corrected chi connectivity index (χ1v) is 4.63. The molecule has 0 bridgehead atoms. The van der Waals surface area contributed by atoms with Gasteiger partial charge < -0.3 is 9.64 Å². The van der Waals surface area contributed by atoms with Crippen molar-refractivity contribution in [2.75, 3.05) is 26.7 Å². The molecule has 0 amide bonds. The van der Waals surface area contributed by atoms with Gasteiger partial charge in [0.15, 0.2) is 0 Å². The van der Waals surface area contributed by atoms with Crippen LogP contribution in [0.3, 0.4) is 0 Å². The lowest BCUT2D eigenvalue weighted by Gasteiger charge is -2.29. The predicted molar refractivity (Wildman–Crippen MR) is 48.9 cm³/mol. The topological polar surface area (TPSA) is 12.5 Å². The molecule has 0 saturated carbocycles. The van der Waals surface area contributed by atoms with Gasteiger partial charge in [0, 0.05) is 13.1 Å². The molecule has 0 aromatic heterocycles. The first-order valence-electron chi connectivity index (χ1n) is 4.63. The van der Waals surface area contributed by atoms with E-state index in [-0.39, 0.29) is 0 Å². The first-order chi connectivity index (χ1) is 5.33.